The second-order valence-electron chi connectivity index (χ2n) is 7.95. The lowest BCUT2D eigenvalue weighted by Gasteiger charge is -2.17. The summed E-state index contributed by atoms with van der Waals surface area (Å²) in [6.07, 6.45) is 0. The highest BCUT2D eigenvalue weighted by Crippen LogP contribution is 2.24. The van der Waals surface area contributed by atoms with E-state index in [4.69, 9.17) is 4.74 Å². The molecule has 3 aromatic carbocycles. The molecule has 0 saturated carbocycles. The molecule has 172 valence electrons. The summed E-state index contributed by atoms with van der Waals surface area (Å²) >= 11 is 0. The first kappa shape index (κ1) is 23.0. The summed E-state index contributed by atoms with van der Waals surface area (Å²) in [5, 5.41) is 5.64. The van der Waals surface area contributed by atoms with Gasteiger partial charge in [-0.3, -0.25) is 9.59 Å². The van der Waals surface area contributed by atoms with Crippen molar-refractivity contribution in [2.75, 3.05) is 12.4 Å². The van der Waals surface area contributed by atoms with E-state index in [2.05, 4.69) is 10.6 Å². The van der Waals surface area contributed by atoms with Crippen LogP contribution in [0, 0.1) is 0 Å². The van der Waals surface area contributed by atoms with Crippen molar-refractivity contribution in [3.05, 3.63) is 113 Å². The largest absolute Gasteiger partial charge is 0.457 e. The van der Waals surface area contributed by atoms with Crippen LogP contribution in [0.2, 0.25) is 0 Å². The molecule has 0 unspecified atom stereocenters. The highest BCUT2D eigenvalue weighted by atomic mass is 16.5. The maximum absolute atomic E-state index is 13.5. The molecule has 1 atom stereocenters. The van der Waals surface area contributed by atoms with Gasteiger partial charge in [-0.1, -0.05) is 60.7 Å². The first-order valence-electron chi connectivity index (χ1n) is 11.1. The van der Waals surface area contributed by atoms with E-state index in [1.165, 1.54) is 0 Å². The Morgan fingerprint density at radius 1 is 0.882 bits per heavy atom. The SMILES string of the molecule is CN[C@@H](C)C(=O)Nc1ccc(-c2ccccc2)n(Cc2cccc(Oc3ccccc3)c2)c1=O. The smallest absolute Gasteiger partial charge is 0.275 e. The summed E-state index contributed by atoms with van der Waals surface area (Å²) < 4.78 is 7.64. The van der Waals surface area contributed by atoms with Gasteiger partial charge in [-0.2, -0.15) is 0 Å². The minimum atomic E-state index is -0.423. The minimum absolute atomic E-state index is 0.239. The molecule has 0 radical (unpaired) electrons. The Morgan fingerprint density at radius 3 is 2.26 bits per heavy atom. The number of hydrogen-bond donors (Lipinski definition) is 2. The zero-order valence-electron chi connectivity index (χ0n) is 19.2. The fourth-order valence-corrected chi connectivity index (χ4v) is 3.58. The molecule has 0 fully saturated rings. The molecule has 0 spiro atoms. The number of anilines is 1. The van der Waals surface area contributed by atoms with Crippen molar-refractivity contribution < 1.29 is 9.53 Å². The summed E-state index contributed by atoms with van der Waals surface area (Å²) in [5.41, 5.74) is 2.55. The molecule has 0 saturated heterocycles. The summed E-state index contributed by atoms with van der Waals surface area (Å²) in [6, 6.07) is 30.0. The lowest BCUT2D eigenvalue weighted by Crippen LogP contribution is -2.37. The van der Waals surface area contributed by atoms with Gasteiger partial charge in [0.2, 0.25) is 5.91 Å². The molecule has 6 nitrogen and oxygen atoms in total. The summed E-state index contributed by atoms with van der Waals surface area (Å²) in [4.78, 5) is 25.9. The number of para-hydroxylation sites is 1. The van der Waals surface area contributed by atoms with Crippen LogP contribution < -0.4 is 20.9 Å². The molecule has 1 amide bonds. The number of amides is 1. The Morgan fingerprint density at radius 2 is 1.56 bits per heavy atom. The lowest BCUT2D eigenvalue weighted by atomic mass is 10.1. The van der Waals surface area contributed by atoms with Crippen LogP contribution in [-0.2, 0) is 11.3 Å². The number of hydrogen-bond acceptors (Lipinski definition) is 4. The standard InChI is InChI=1S/C28H27N3O3/c1-20(29-2)27(32)30-25-16-17-26(22-11-5-3-6-12-22)31(28(25)33)19-21-10-9-15-24(18-21)34-23-13-7-4-8-14-23/h3-18,20,29H,19H2,1-2H3,(H,30,32)/t20-/m0/s1. The second-order valence-corrected chi connectivity index (χ2v) is 7.95. The second kappa shape index (κ2) is 10.6. The van der Waals surface area contributed by atoms with Crippen molar-refractivity contribution in [3.63, 3.8) is 0 Å². The van der Waals surface area contributed by atoms with E-state index in [0.717, 1.165) is 22.6 Å². The molecule has 0 bridgehead atoms. The molecule has 1 aromatic heterocycles. The number of pyridine rings is 1. The van der Waals surface area contributed by atoms with Gasteiger partial charge in [0.15, 0.2) is 0 Å². The Labute approximate surface area is 198 Å². The van der Waals surface area contributed by atoms with Crippen LogP contribution in [0.25, 0.3) is 11.3 Å². The maximum Gasteiger partial charge on any atom is 0.275 e. The normalized spacial score (nSPS) is 11.6. The van der Waals surface area contributed by atoms with Crippen molar-refractivity contribution in [3.8, 4) is 22.8 Å². The average Bonchev–Trinajstić information content (AvgIpc) is 2.87. The number of ether oxygens (including phenoxy) is 1. The van der Waals surface area contributed by atoms with Gasteiger partial charge >= 0.3 is 0 Å². The van der Waals surface area contributed by atoms with E-state index in [0.29, 0.717) is 12.3 Å². The highest BCUT2D eigenvalue weighted by Gasteiger charge is 2.16. The van der Waals surface area contributed by atoms with Gasteiger partial charge in [0.05, 0.1) is 18.3 Å². The first-order valence-corrected chi connectivity index (χ1v) is 11.1. The van der Waals surface area contributed by atoms with E-state index in [-0.39, 0.29) is 17.2 Å². The van der Waals surface area contributed by atoms with Gasteiger partial charge in [0.1, 0.15) is 17.2 Å². The van der Waals surface area contributed by atoms with Crippen molar-refractivity contribution >= 4 is 11.6 Å². The number of rotatable bonds is 8. The molecular formula is C28H27N3O3. The van der Waals surface area contributed by atoms with Gasteiger partial charge < -0.3 is 19.9 Å². The van der Waals surface area contributed by atoms with E-state index in [9.17, 15) is 9.59 Å². The topological polar surface area (TPSA) is 72.4 Å². The maximum atomic E-state index is 13.5. The van der Waals surface area contributed by atoms with Crippen LogP contribution in [0.15, 0.2) is 102 Å². The van der Waals surface area contributed by atoms with Gasteiger partial charge in [0, 0.05) is 0 Å². The average molecular weight is 454 g/mol. The number of aromatic nitrogens is 1. The lowest BCUT2D eigenvalue weighted by molar-refractivity contribution is -0.117. The minimum Gasteiger partial charge on any atom is -0.457 e. The fraction of sp³-hybridized carbons (Fsp3) is 0.143. The van der Waals surface area contributed by atoms with Crippen molar-refractivity contribution in [1.29, 1.82) is 0 Å². The fourth-order valence-electron chi connectivity index (χ4n) is 3.58. The van der Waals surface area contributed by atoms with Gasteiger partial charge in [0.25, 0.3) is 5.56 Å². The Hall–Kier alpha value is -4.16. The van der Waals surface area contributed by atoms with Crippen LogP contribution in [0.5, 0.6) is 11.5 Å². The van der Waals surface area contributed by atoms with Crippen molar-refractivity contribution in [1.82, 2.24) is 9.88 Å². The third kappa shape index (κ3) is 5.42. The molecular weight excluding hydrogens is 426 g/mol. The predicted octanol–water partition coefficient (Wildman–Crippen LogP) is 4.90. The number of nitrogens with one attached hydrogen (secondary N) is 2. The Bertz CT molecular complexity index is 1320. The molecule has 34 heavy (non-hydrogen) atoms. The van der Waals surface area contributed by atoms with Gasteiger partial charge in [-0.05, 0) is 61.5 Å². The number of likely N-dealkylation sites (N-methyl/N-ethyl adjacent to an activating group) is 1. The van der Waals surface area contributed by atoms with Crippen LogP contribution in [0.3, 0.4) is 0 Å². The summed E-state index contributed by atoms with van der Waals surface area (Å²) in [7, 11) is 1.70. The van der Waals surface area contributed by atoms with Crippen LogP contribution in [0.1, 0.15) is 12.5 Å². The predicted molar refractivity (Wildman–Crippen MR) is 135 cm³/mol. The summed E-state index contributed by atoms with van der Waals surface area (Å²) in [6.45, 7) is 2.06. The van der Waals surface area contributed by atoms with Gasteiger partial charge in [-0.25, -0.2) is 0 Å². The molecule has 4 aromatic rings. The molecule has 6 heteroatoms. The third-order valence-electron chi connectivity index (χ3n) is 5.55. The highest BCUT2D eigenvalue weighted by molar-refractivity contribution is 5.94. The molecule has 0 aliphatic carbocycles. The third-order valence-corrected chi connectivity index (χ3v) is 5.55. The van der Waals surface area contributed by atoms with Crippen molar-refractivity contribution in [2.45, 2.75) is 19.5 Å². The van der Waals surface area contributed by atoms with Crippen LogP contribution in [-0.4, -0.2) is 23.6 Å². The van der Waals surface area contributed by atoms with Crippen LogP contribution >= 0.6 is 0 Å². The van der Waals surface area contributed by atoms with Crippen molar-refractivity contribution in [2.24, 2.45) is 0 Å². The number of nitrogens with zero attached hydrogens (tertiary/aromatic N) is 1. The van der Waals surface area contributed by atoms with E-state index < -0.39 is 6.04 Å². The monoisotopic (exact) mass is 453 g/mol. The zero-order valence-corrected chi connectivity index (χ0v) is 19.2. The molecule has 4 rings (SSSR count). The van der Waals surface area contributed by atoms with E-state index in [1.54, 1.807) is 24.6 Å². The molecule has 2 N–H and O–H groups in total. The Kier molecular flexibility index (Phi) is 7.20. The van der Waals surface area contributed by atoms with E-state index >= 15 is 0 Å². The van der Waals surface area contributed by atoms with Gasteiger partial charge in [-0.15, -0.1) is 0 Å². The molecule has 0 aliphatic heterocycles. The van der Waals surface area contributed by atoms with E-state index in [1.807, 2.05) is 91.0 Å². The number of benzene rings is 3. The Balaban J connectivity index is 1.70. The molecule has 0 aliphatic rings. The van der Waals surface area contributed by atoms with Crippen LogP contribution in [0.4, 0.5) is 5.69 Å². The molecule has 1 heterocycles. The number of carbonyl (C=O) groups is 1. The summed E-state index contributed by atoms with van der Waals surface area (Å²) in [5.74, 6) is 1.16. The first-order chi connectivity index (χ1) is 16.5. The number of carbonyl (C=O) groups excluding carboxylic acids is 1. The zero-order chi connectivity index (χ0) is 23.9. The quantitative estimate of drug-likeness (QED) is 0.398.